The Morgan fingerprint density at radius 3 is 2.24 bits per heavy atom. The number of rotatable bonds is 9. The van der Waals surface area contributed by atoms with E-state index in [1.54, 1.807) is 54.2 Å². The normalized spacial score (nSPS) is 11.7. The van der Waals surface area contributed by atoms with Crippen LogP contribution in [0.25, 0.3) is 0 Å². The number of thioether (sulfide) groups is 1. The Hall–Kier alpha value is -2.19. The highest BCUT2D eigenvalue weighted by Gasteiger charge is 2.27. The van der Waals surface area contributed by atoms with Gasteiger partial charge in [-0.05, 0) is 36.4 Å². The highest BCUT2D eigenvalue weighted by Crippen LogP contribution is 2.26. The molecule has 6 nitrogen and oxygen atoms in total. The van der Waals surface area contributed by atoms with Gasteiger partial charge in [0.2, 0.25) is 5.91 Å². The summed E-state index contributed by atoms with van der Waals surface area (Å²) in [5.74, 6) is 1.01. The molecule has 0 saturated heterocycles. The molecule has 2 aromatic rings. The lowest BCUT2D eigenvalue weighted by Gasteiger charge is -2.24. The van der Waals surface area contributed by atoms with Crippen molar-refractivity contribution in [2.45, 2.75) is 30.4 Å². The number of nitrogens with zero attached hydrogens (tertiary/aromatic N) is 1. The van der Waals surface area contributed by atoms with Crippen LogP contribution in [-0.2, 0) is 14.8 Å². The average molecular weight is 437 g/mol. The molecule has 0 heterocycles. The monoisotopic (exact) mass is 436 g/mol. The average Bonchev–Trinajstić information content (AvgIpc) is 2.69. The van der Waals surface area contributed by atoms with E-state index >= 15 is 0 Å². The van der Waals surface area contributed by atoms with Crippen LogP contribution in [0.4, 0.5) is 5.69 Å². The number of hydrogen-bond donors (Lipinski definition) is 1. The van der Waals surface area contributed by atoms with E-state index in [2.05, 4.69) is 26.1 Å². The molecule has 2 rings (SSSR count). The quantitative estimate of drug-likeness (QED) is 0.609. The molecule has 8 heteroatoms. The van der Waals surface area contributed by atoms with Crippen molar-refractivity contribution in [3.63, 3.8) is 0 Å². The molecule has 0 saturated carbocycles. The van der Waals surface area contributed by atoms with Crippen LogP contribution in [-0.4, -0.2) is 45.0 Å². The van der Waals surface area contributed by atoms with Gasteiger partial charge in [0.1, 0.15) is 12.3 Å². The van der Waals surface area contributed by atoms with E-state index in [-0.39, 0.29) is 22.1 Å². The largest absolute Gasteiger partial charge is 0.497 e. The van der Waals surface area contributed by atoms with E-state index in [1.807, 2.05) is 0 Å². The number of nitrogens with one attached hydrogen (secondary N) is 1. The number of hydrogen-bond acceptors (Lipinski definition) is 5. The van der Waals surface area contributed by atoms with Gasteiger partial charge in [-0.25, -0.2) is 8.42 Å². The number of amides is 1. The van der Waals surface area contributed by atoms with E-state index in [0.29, 0.717) is 18.0 Å². The van der Waals surface area contributed by atoms with Crippen LogP contribution in [0.15, 0.2) is 59.5 Å². The highest BCUT2D eigenvalue weighted by molar-refractivity contribution is 8.00. The molecule has 0 aromatic heterocycles. The third-order valence-corrected chi connectivity index (χ3v) is 7.00. The second-order valence-corrected chi connectivity index (χ2v) is 11.1. The van der Waals surface area contributed by atoms with Crippen LogP contribution >= 0.6 is 11.8 Å². The first kappa shape index (κ1) is 23.1. The van der Waals surface area contributed by atoms with Crippen LogP contribution in [0.2, 0.25) is 0 Å². The molecule has 2 aromatic carbocycles. The van der Waals surface area contributed by atoms with Gasteiger partial charge < -0.3 is 10.1 Å². The SMILES string of the molecule is COc1ccc(N(CC(=O)NCCSC(C)(C)C)S(=O)(=O)c2ccccc2)cc1. The third-order valence-electron chi connectivity index (χ3n) is 3.94. The predicted octanol–water partition coefficient (Wildman–Crippen LogP) is 3.54. The topological polar surface area (TPSA) is 75.7 Å². The van der Waals surface area contributed by atoms with Gasteiger partial charge in [-0.2, -0.15) is 11.8 Å². The van der Waals surface area contributed by atoms with Gasteiger partial charge in [-0.15, -0.1) is 0 Å². The summed E-state index contributed by atoms with van der Waals surface area (Å²) in [5.41, 5.74) is 0.397. The Morgan fingerprint density at radius 1 is 1.07 bits per heavy atom. The van der Waals surface area contributed by atoms with Gasteiger partial charge in [0.15, 0.2) is 0 Å². The maximum absolute atomic E-state index is 13.2. The summed E-state index contributed by atoms with van der Waals surface area (Å²) in [4.78, 5) is 12.6. The van der Waals surface area contributed by atoms with Crippen LogP contribution in [0.1, 0.15) is 20.8 Å². The summed E-state index contributed by atoms with van der Waals surface area (Å²) >= 11 is 1.74. The minimum atomic E-state index is -3.90. The summed E-state index contributed by atoms with van der Waals surface area (Å²) < 4.78 is 32.8. The lowest BCUT2D eigenvalue weighted by atomic mass is 10.3. The molecule has 0 atom stereocenters. The van der Waals surface area contributed by atoms with Crippen molar-refractivity contribution in [2.24, 2.45) is 0 Å². The molecule has 0 unspecified atom stereocenters. The van der Waals surface area contributed by atoms with Crippen molar-refractivity contribution in [2.75, 3.05) is 30.3 Å². The molecule has 0 radical (unpaired) electrons. The van der Waals surface area contributed by atoms with Crippen LogP contribution < -0.4 is 14.4 Å². The molecule has 1 amide bonds. The fourth-order valence-electron chi connectivity index (χ4n) is 2.52. The molecule has 158 valence electrons. The van der Waals surface area contributed by atoms with Gasteiger partial charge in [-0.3, -0.25) is 9.10 Å². The molecule has 0 aliphatic heterocycles. The van der Waals surface area contributed by atoms with Crippen molar-refractivity contribution >= 4 is 33.4 Å². The number of carbonyl (C=O) groups excluding carboxylic acids is 1. The lowest BCUT2D eigenvalue weighted by Crippen LogP contribution is -2.41. The van der Waals surface area contributed by atoms with E-state index in [0.717, 1.165) is 10.1 Å². The molecule has 0 aliphatic rings. The number of benzene rings is 2. The fraction of sp³-hybridized carbons (Fsp3) is 0.381. The van der Waals surface area contributed by atoms with E-state index in [4.69, 9.17) is 4.74 Å². The molecule has 0 fully saturated rings. The van der Waals surface area contributed by atoms with Gasteiger partial charge in [-0.1, -0.05) is 39.0 Å². The maximum atomic E-state index is 13.2. The summed E-state index contributed by atoms with van der Waals surface area (Å²) in [5, 5.41) is 2.81. The van der Waals surface area contributed by atoms with Crippen molar-refractivity contribution in [1.29, 1.82) is 0 Å². The van der Waals surface area contributed by atoms with E-state index in [1.165, 1.54) is 19.2 Å². The smallest absolute Gasteiger partial charge is 0.264 e. The van der Waals surface area contributed by atoms with Crippen molar-refractivity contribution in [3.05, 3.63) is 54.6 Å². The second-order valence-electron chi connectivity index (χ2n) is 7.33. The van der Waals surface area contributed by atoms with Gasteiger partial charge in [0.25, 0.3) is 10.0 Å². The van der Waals surface area contributed by atoms with Crippen LogP contribution in [0.3, 0.4) is 0 Å². The molecular formula is C21H28N2O4S2. The number of methoxy groups -OCH3 is 1. The van der Waals surface area contributed by atoms with Crippen LogP contribution in [0.5, 0.6) is 5.75 Å². The standard InChI is InChI=1S/C21H28N2O4S2/c1-21(2,3)28-15-14-22-20(24)16-23(17-10-12-18(27-4)13-11-17)29(25,26)19-8-6-5-7-9-19/h5-13H,14-16H2,1-4H3,(H,22,24). The molecule has 1 N–H and O–H groups in total. The zero-order valence-corrected chi connectivity index (χ0v) is 18.8. The van der Waals surface area contributed by atoms with Crippen molar-refractivity contribution < 1.29 is 17.9 Å². The minimum absolute atomic E-state index is 0.108. The third kappa shape index (κ3) is 6.97. The number of carbonyl (C=O) groups is 1. The second kappa shape index (κ2) is 10.0. The predicted molar refractivity (Wildman–Crippen MR) is 119 cm³/mol. The van der Waals surface area contributed by atoms with Gasteiger partial charge in [0.05, 0.1) is 17.7 Å². The summed E-state index contributed by atoms with van der Waals surface area (Å²) in [6, 6.07) is 14.7. The fourth-order valence-corrected chi connectivity index (χ4v) is 4.78. The Balaban J connectivity index is 2.20. The van der Waals surface area contributed by atoms with Crippen molar-refractivity contribution in [1.82, 2.24) is 5.32 Å². The zero-order chi connectivity index (χ0) is 21.5. The van der Waals surface area contributed by atoms with Crippen molar-refractivity contribution in [3.8, 4) is 5.75 Å². The molecule has 0 aliphatic carbocycles. The molecule has 29 heavy (non-hydrogen) atoms. The summed E-state index contributed by atoms with van der Waals surface area (Å²) in [6.45, 7) is 6.50. The van der Waals surface area contributed by atoms with E-state index in [9.17, 15) is 13.2 Å². The Labute approximate surface area is 177 Å². The minimum Gasteiger partial charge on any atom is -0.497 e. The Morgan fingerprint density at radius 2 is 1.69 bits per heavy atom. The van der Waals surface area contributed by atoms with Gasteiger partial charge >= 0.3 is 0 Å². The Bertz CT molecular complexity index is 893. The zero-order valence-electron chi connectivity index (χ0n) is 17.2. The molecule has 0 spiro atoms. The lowest BCUT2D eigenvalue weighted by molar-refractivity contribution is -0.119. The number of ether oxygens (including phenoxy) is 1. The number of anilines is 1. The molecular weight excluding hydrogens is 408 g/mol. The summed E-state index contributed by atoms with van der Waals surface area (Å²) in [7, 11) is -2.36. The first-order chi connectivity index (χ1) is 13.6. The number of sulfonamides is 1. The molecule has 0 bridgehead atoms. The first-order valence-electron chi connectivity index (χ1n) is 9.26. The first-order valence-corrected chi connectivity index (χ1v) is 11.7. The Kier molecular flexibility index (Phi) is 7.98. The van der Waals surface area contributed by atoms with Crippen LogP contribution in [0, 0.1) is 0 Å². The van der Waals surface area contributed by atoms with Gasteiger partial charge in [0, 0.05) is 17.0 Å². The highest BCUT2D eigenvalue weighted by atomic mass is 32.2. The van der Waals surface area contributed by atoms with E-state index < -0.39 is 10.0 Å². The maximum Gasteiger partial charge on any atom is 0.264 e. The summed E-state index contributed by atoms with van der Waals surface area (Å²) in [6.07, 6.45) is 0.